The molecule has 0 aromatic rings. The maximum Gasteiger partial charge on any atom is 0.0817 e. The van der Waals surface area contributed by atoms with Crippen LogP contribution in [0, 0.1) is 11.3 Å². The van der Waals surface area contributed by atoms with Gasteiger partial charge in [0.2, 0.25) is 0 Å². The zero-order valence-corrected chi connectivity index (χ0v) is 7.94. The Kier molecular flexibility index (Phi) is 3.67. The Hall–Kier alpha value is -0.160. The molecule has 1 rings (SSSR count). The van der Waals surface area contributed by atoms with Gasteiger partial charge in [-0.3, -0.25) is 0 Å². The Morgan fingerprint density at radius 3 is 2.23 bits per heavy atom. The Morgan fingerprint density at radius 1 is 1.38 bits per heavy atom. The first-order valence-electron chi connectivity index (χ1n) is 4.62. The predicted molar refractivity (Wildman–Crippen MR) is 47.2 cm³/mol. The fourth-order valence-electron chi connectivity index (χ4n) is 1.52. The molecule has 0 radical (unpaired) electrons. The van der Waals surface area contributed by atoms with E-state index in [1.54, 1.807) is 0 Å². The number of aliphatic hydroxyl groups is 3. The summed E-state index contributed by atoms with van der Waals surface area (Å²) in [6.45, 7) is 2.30. The summed E-state index contributed by atoms with van der Waals surface area (Å²) in [6.07, 6.45) is 0.787. The Labute approximate surface area is 78.1 Å². The molecule has 78 valence electrons. The number of ether oxygens (including phenoxy) is 1. The fraction of sp³-hybridized carbons (Fsp3) is 1.00. The second kappa shape index (κ2) is 4.37. The molecule has 2 unspecified atom stereocenters. The summed E-state index contributed by atoms with van der Waals surface area (Å²) in [5, 5.41) is 27.5. The first-order chi connectivity index (χ1) is 6.18. The summed E-state index contributed by atoms with van der Waals surface area (Å²) in [5.74, 6) is -0.105. The van der Waals surface area contributed by atoms with Gasteiger partial charge in [-0.05, 0) is 12.3 Å². The maximum atomic E-state index is 9.23. The molecule has 4 nitrogen and oxygen atoms in total. The average Bonchev–Trinajstić information content (AvgIpc) is 2.97. The van der Waals surface area contributed by atoms with Crippen LogP contribution in [-0.4, -0.2) is 47.9 Å². The lowest BCUT2D eigenvalue weighted by molar-refractivity contribution is -0.0219. The van der Waals surface area contributed by atoms with Crippen LogP contribution in [0.4, 0.5) is 0 Å². The first kappa shape index (κ1) is 10.9. The van der Waals surface area contributed by atoms with Crippen molar-refractivity contribution in [1.82, 2.24) is 0 Å². The van der Waals surface area contributed by atoms with Gasteiger partial charge < -0.3 is 20.1 Å². The Balaban J connectivity index is 2.57. The zero-order valence-electron chi connectivity index (χ0n) is 7.94. The van der Waals surface area contributed by atoms with Crippen molar-refractivity contribution in [1.29, 1.82) is 0 Å². The van der Waals surface area contributed by atoms with Gasteiger partial charge in [0.15, 0.2) is 0 Å². The van der Waals surface area contributed by atoms with E-state index in [1.807, 2.05) is 6.92 Å². The van der Waals surface area contributed by atoms with Gasteiger partial charge in [-0.15, -0.1) is 0 Å². The second-order valence-electron chi connectivity index (χ2n) is 3.92. The topological polar surface area (TPSA) is 73.2 Å². The molecule has 0 saturated carbocycles. The van der Waals surface area contributed by atoms with Gasteiger partial charge in [-0.1, -0.05) is 6.92 Å². The summed E-state index contributed by atoms with van der Waals surface area (Å²) in [6, 6.07) is 0. The van der Waals surface area contributed by atoms with Crippen LogP contribution in [0.1, 0.15) is 13.3 Å². The van der Waals surface area contributed by atoms with E-state index in [1.165, 1.54) is 0 Å². The largest absolute Gasteiger partial charge is 0.396 e. The molecular weight excluding hydrogens is 172 g/mol. The molecule has 1 saturated heterocycles. The highest BCUT2D eigenvalue weighted by Gasteiger charge is 2.40. The van der Waals surface area contributed by atoms with Crippen molar-refractivity contribution < 1.29 is 20.1 Å². The average molecular weight is 190 g/mol. The van der Waals surface area contributed by atoms with Gasteiger partial charge in [0, 0.05) is 12.0 Å². The lowest BCUT2D eigenvalue weighted by Crippen LogP contribution is -2.39. The van der Waals surface area contributed by atoms with Crippen molar-refractivity contribution >= 4 is 0 Å². The predicted octanol–water partition coefficient (Wildman–Crippen LogP) is -0.625. The van der Waals surface area contributed by atoms with Gasteiger partial charge in [-0.2, -0.15) is 0 Å². The van der Waals surface area contributed by atoms with Crippen LogP contribution >= 0.6 is 0 Å². The van der Waals surface area contributed by atoms with E-state index in [9.17, 15) is 10.2 Å². The van der Waals surface area contributed by atoms with Crippen LogP contribution in [0.25, 0.3) is 0 Å². The highest BCUT2D eigenvalue weighted by Crippen LogP contribution is 2.35. The van der Waals surface area contributed by atoms with Gasteiger partial charge in [0.1, 0.15) is 0 Å². The minimum atomic E-state index is -0.587. The third-order valence-corrected chi connectivity index (χ3v) is 2.99. The van der Waals surface area contributed by atoms with E-state index in [-0.39, 0.29) is 31.8 Å². The lowest BCUT2D eigenvalue weighted by Gasteiger charge is -2.34. The number of hydrogen-bond donors (Lipinski definition) is 3. The van der Waals surface area contributed by atoms with Gasteiger partial charge in [0.25, 0.3) is 0 Å². The van der Waals surface area contributed by atoms with Crippen LogP contribution in [-0.2, 0) is 4.74 Å². The highest BCUT2D eigenvalue weighted by molar-refractivity contribution is 4.89. The minimum absolute atomic E-state index is 0.0200. The molecule has 0 bridgehead atoms. The van der Waals surface area contributed by atoms with Crippen molar-refractivity contribution in [3.8, 4) is 0 Å². The van der Waals surface area contributed by atoms with E-state index < -0.39 is 5.41 Å². The maximum absolute atomic E-state index is 9.23. The minimum Gasteiger partial charge on any atom is -0.396 e. The standard InChI is InChI=1S/C9H18O4/c1-7(3-10)9(5-11,6-12)2-8-4-13-8/h7-8,10-12H,2-6H2,1H3. The van der Waals surface area contributed by atoms with Crippen LogP contribution in [0.3, 0.4) is 0 Å². The van der Waals surface area contributed by atoms with Crippen LogP contribution in [0.15, 0.2) is 0 Å². The van der Waals surface area contributed by atoms with Crippen molar-refractivity contribution in [2.75, 3.05) is 26.4 Å². The normalized spacial score (nSPS) is 24.5. The number of epoxide rings is 1. The fourth-order valence-corrected chi connectivity index (χ4v) is 1.52. The Morgan fingerprint density at radius 2 is 1.92 bits per heavy atom. The van der Waals surface area contributed by atoms with E-state index in [0.29, 0.717) is 13.0 Å². The third kappa shape index (κ3) is 2.40. The molecule has 0 amide bonds. The van der Waals surface area contributed by atoms with Crippen LogP contribution in [0.5, 0.6) is 0 Å². The van der Waals surface area contributed by atoms with Crippen molar-refractivity contribution in [2.45, 2.75) is 19.4 Å². The van der Waals surface area contributed by atoms with Crippen LogP contribution < -0.4 is 0 Å². The molecule has 0 aromatic heterocycles. The molecule has 1 aliphatic heterocycles. The van der Waals surface area contributed by atoms with Gasteiger partial charge >= 0.3 is 0 Å². The number of rotatable bonds is 6. The lowest BCUT2D eigenvalue weighted by atomic mass is 9.74. The molecule has 4 heteroatoms. The van der Waals surface area contributed by atoms with Crippen molar-refractivity contribution in [3.63, 3.8) is 0 Å². The summed E-state index contributed by atoms with van der Waals surface area (Å²) in [5.41, 5.74) is -0.587. The van der Waals surface area contributed by atoms with E-state index >= 15 is 0 Å². The SMILES string of the molecule is CC(CO)C(CO)(CO)CC1CO1. The molecule has 1 aliphatic rings. The summed E-state index contributed by atoms with van der Waals surface area (Å²) in [4.78, 5) is 0. The quantitative estimate of drug-likeness (QED) is 0.488. The van der Waals surface area contributed by atoms with E-state index in [4.69, 9.17) is 9.84 Å². The molecular formula is C9H18O4. The Bertz CT molecular complexity index is 152. The monoisotopic (exact) mass is 190 g/mol. The summed E-state index contributed by atoms with van der Waals surface area (Å²) in [7, 11) is 0. The molecule has 3 N–H and O–H groups in total. The molecule has 0 aromatic carbocycles. The zero-order chi connectivity index (χ0) is 9.90. The molecule has 13 heavy (non-hydrogen) atoms. The molecule has 1 heterocycles. The highest BCUT2D eigenvalue weighted by atomic mass is 16.6. The van der Waals surface area contributed by atoms with E-state index in [2.05, 4.69) is 0 Å². The molecule has 1 fully saturated rings. The van der Waals surface area contributed by atoms with Gasteiger partial charge in [0.05, 0.1) is 25.9 Å². The van der Waals surface area contributed by atoms with Crippen molar-refractivity contribution in [2.24, 2.45) is 11.3 Å². The van der Waals surface area contributed by atoms with Crippen LogP contribution in [0.2, 0.25) is 0 Å². The van der Waals surface area contributed by atoms with Gasteiger partial charge in [-0.25, -0.2) is 0 Å². The molecule has 2 atom stereocenters. The molecule has 0 aliphatic carbocycles. The summed E-state index contributed by atoms with van der Waals surface area (Å²) >= 11 is 0. The van der Waals surface area contributed by atoms with E-state index in [0.717, 1.165) is 0 Å². The smallest absolute Gasteiger partial charge is 0.0817 e. The first-order valence-corrected chi connectivity index (χ1v) is 4.62. The second-order valence-corrected chi connectivity index (χ2v) is 3.92. The number of aliphatic hydroxyl groups excluding tert-OH is 3. The number of hydrogen-bond acceptors (Lipinski definition) is 4. The molecule has 0 spiro atoms. The third-order valence-electron chi connectivity index (χ3n) is 2.99. The summed E-state index contributed by atoms with van der Waals surface area (Å²) < 4.78 is 5.06. The van der Waals surface area contributed by atoms with Crippen molar-refractivity contribution in [3.05, 3.63) is 0 Å².